The van der Waals surface area contributed by atoms with Crippen molar-refractivity contribution in [1.82, 2.24) is 4.90 Å². The van der Waals surface area contributed by atoms with Gasteiger partial charge in [-0.25, -0.2) is 0 Å². The normalized spacial score (nSPS) is 13.0. The van der Waals surface area contributed by atoms with E-state index in [1.807, 2.05) is 0 Å². The third kappa shape index (κ3) is 6.02. The second kappa shape index (κ2) is 9.53. The molecule has 0 fully saturated rings. The van der Waals surface area contributed by atoms with Crippen molar-refractivity contribution in [2.45, 2.75) is 6.04 Å². The summed E-state index contributed by atoms with van der Waals surface area (Å²) in [5.41, 5.74) is 0. The molecule has 1 N–H and O–H groups in total. The topological polar surface area (TPSA) is 68.2 Å². The smallest absolute Gasteiger partial charge is 0.323 e. The SMILES string of the molecule is COCCN(CCOC)C(COC)C(=O)O. The van der Waals surface area contributed by atoms with Gasteiger partial charge in [-0.1, -0.05) is 0 Å². The van der Waals surface area contributed by atoms with Gasteiger partial charge in [-0.15, -0.1) is 0 Å². The van der Waals surface area contributed by atoms with Gasteiger partial charge in [0.05, 0.1) is 19.8 Å². The molecule has 1 atom stereocenters. The van der Waals surface area contributed by atoms with Crippen LogP contribution in [0.5, 0.6) is 0 Å². The number of hydrogen-bond donors (Lipinski definition) is 1. The van der Waals surface area contributed by atoms with Gasteiger partial charge in [0.2, 0.25) is 0 Å². The molecule has 0 aromatic carbocycles. The summed E-state index contributed by atoms with van der Waals surface area (Å²) < 4.78 is 14.8. The Morgan fingerprint density at radius 1 is 1.12 bits per heavy atom. The van der Waals surface area contributed by atoms with Crippen molar-refractivity contribution in [2.24, 2.45) is 0 Å². The second-order valence-corrected chi connectivity index (χ2v) is 3.33. The molecule has 1 unspecified atom stereocenters. The summed E-state index contributed by atoms with van der Waals surface area (Å²) in [4.78, 5) is 12.8. The summed E-state index contributed by atoms with van der Waals surface area (Å²) in [5.74, 6) is -0.894. The average Bonchev–Trinajstić information content (AvgIpc) is 2.26. The van der Waals surface area contributed by atoms with Crippen LogP contribution in [0, 0.1) is 0 Å². The molecule has 0 aliphatic carbocycles. The van der Waals surface area contributed by atoms with Gasteiger partial charge in [-0.3, -0.25) is 9.69 Å². The molecule has 0 aromatic heterocycles. The Bertz CT molecular complexity index is 180. The number of carboxylic acids is 1. The summed E-state index contributed by atoms with van der Waals surface area (Å²) in [7, 11) is 4.65. The van der Waals surface area contributed by atoms with Crippen molar-refractivity contribution in [3.8, 4) is 0 Å². The zero-order valence-corrected chi connectivity index (χ0v) is 10.1. The van der Waals surface area contributed by atoms with Crippen LogP contribution in [0.4, 0.5) is 0 Å². The maximum atomic E-state index is 11.1. The predicted octanol–water partition coefficient (Wildman–Crippen LogP) is -0.319. The van der Waals surface area contributed by atoms with E-state index in [2.05, 4.69) is 0 Å². The van der Waals surface area contributed by atoms with Gasteiger partial charge in [-0.05, 0) is 0 Å². The van der Waals surface area contributed by atoms with Gasteiger partial charge in [0.15, 0.2) is 0 Å². The fourth-order valence-corrected chi connectivity index (χ4v) is 1.33. The van der Waals surface area contributed by atoms with E-state index >= 15 is 0 Å². The largest absolute Gasteiger partial charge is 0.480 e. The molecule has 0 bridgehead atoms. The summed E-state index contributed by atoms with van der Waals surface area (Å²) in [6.45, 7) is 2.21. The van der Waals surface area contributed by atoms with Gasteiger partial charge in [-0.2, -0.15) is 0 Å². The van der Waals surface area contributed by atoms with Crippen molar-refractivity contribution in [2.75, 3.05) is 54.2 Å². The van der Waals surface area contributed by atoms with E-state index in [-0.39, 0.29) is 6.61 Å². The van der Waals surface area contributed by atoms with Crippen molar-refractivity contribution in [3.63, 3.8) is 0 Å². The number of carbonyl (C=O) groups is 1. The summed E-state index contributed by atoms with van der Waals surface area (Å²) in [6.07, 6.45) is 0. The molecule has 16 heavy (non-hydrogen) atoms. The highest BCUT2D eigenvalue weighted by atomic mass is 16.5. The van der Waals surface area contributed by atoms with Crippen LogP contribution >= 0.6 is 0 Å². The van der Waals surface area contributed by atoms with E-state index in [4.69, 9.17) is 19.3 Å². The van der Waals surface area contributed by atoms with Gasteiger partial charge < -0.3 is 19.3 Å². The molecular formula is C10H21NO5. The van der Waals surface area contributed by atoms with Gasteiger partial charge in [0.25, 0.3) is 0 Å². The molecule has 0 saturated heterocycles. The molecule has 0 rings (SSSR count). The Morgan fingerprint density at radius 2 is 1.62 bits per heavy atom. The quantitative estimate of drug-likeness (QED) is 0.560. The lowest BCUT2D eigenvalue weighted by Gasteiger charge is -2.27. The first kappa shape index (κ1) is 15.3. The highest BCUT2D eigenvalue weighted by Gasteiger charge is 2.24. The van der Waals surface area contributed by atoms with Crippen LogP contribution in [0.15, 0.2) is 0 Å². The third-order valence-corrected chi connectivity index (χ3v) is 2.22. The molecule has 0 aliphatic heterocycles. The van der Waals surface area contributed by atoms with E-state index in [9.17, 15) is 4.79 Å². The Labute approximate surface area is 96.1 Å². The lowest BCUT2D eigenvalue weighted by Crippen LogP contribution is -2.47. The zero-order valence-electron chi connectivity index (χ0n) is 10.1. The minimum atomic E-state index is -0.894. The maximum absolute atomic E-state index is 11.1. The van der Waals surface area contributed by atoms with Crippen molar-refractivity contribution in [3.05, 3.63) is 0 Å². The number of hydrogen-bond acceptors (Lipinski definition) is 5. The Hall–Kier alpha value is -0.690. The van der Waals surface area contributed by atoms with Crippen molar-refractivity contribution in [1.29, 1.82) is 0 Å². The maximum Gasteiger partial charge on any atom is 0.323 e. The highest BCUT2D eigenvalue weighted by Crippen LogP contribution is 2.01. The summed E-state index contributed by atoms with van der Waals surface area (Å²) >= 11 is 0. The number of ether oxygens (including phenoxy) is 3. The molecule has 0 spiro atoms. The molecule has 96 valence electrons. The first-order valence-electron chi connectivity index (χ1n) is 5.11. The molecule has 0 saturated carbocycles. The highest BCUT2D eigenvalue weighted by molar-refractivity contribution is 5.73. The van der Waals surface area contributed by atoms with Crippen LogP contribution in [-0.2, 0) is 19.0 Å². The number of methoxy groups -OCH3 is 3. The molecule has 6 nitrogen and oxygen atoms in total. The predicted molar refractivity (Wildman–Crippen MR) is 58.6 cm³/mol. The molecule has 0 radical (unpaired) electrons. The van der Waals surface area contributed by atoms with Crippen LogP contribution in [0.25, 0.3) is 0 Å². The average molecular weight is 235 g/mol. The lowest BCUT2D eigenvalue weighted by molar-refractivity contribution is -0.146. The van der Waals surface area contributed by atoms with Gasteiger partial charge >= 0.3 is 5.97 Å². The summed E-state index contributed by atoms with van der Waals surface area (Å²) in [5, 5.41) is 9.07. The molecule has 0 aromatic rings. The van der Waals surface area contributed by atoms with E-state index in [1.54, 1.807) is 19.1 Å². The first-order valence-corrected chi connectivity index (χ1v) is 5.11. The fourth-order valence-electron chi connectivity index (χ4n) is 1.33. The Morgan fingerprint density at radius 3 is 1.94 bits per heavy atom. The van der Waals surface area contributed by atoms with Crippen molar-refractivity contribution < 1.29 is 24.1 Å². The van der Waals surface area contributed by atoms with Gasteiger partial charge in [0, 0.05) is 34.4 Å². The molecule has 0 heterocycles. The van der Waals surface area contributed by atoms with E-state index in [0.29, 0.717) is 26.3 Å². The number of carboxylic acid groups (broad SMARTS) is 1. The molecule has 0 aliphatic rings. The monoisotopic (exact) mass is 235 g/mol. The zero-order chi connectivity index (χ0) is 12.4. The van der Waals surface area contributed by atoms with Crippen LogP contribution < -0.4 is 0 Å². The molecule has 0 amide bonds. The van der Waals surface area contributed by atoms with Crippen LogP contribution in [0.2, 0.25) is 0 Å². The standard InChI is InChI=1S/C10H21NO5/c1-14-6-4-11(5-7-15-2)9(8-16-3)10(12)13/h9H,4-8H2,1-3H3,(H,12,13). The van der Waals surface area contributed by atoms with Crippen molar-refractivity contribution >= 4 is 5.97 Å². The van der Waals surface area contributed by atoms with E-state index in [0.717, 1.165) is 0 Å². The fraction of sp³-hybridized carbons (Fsp3) is 0.900. The molecule has 6 heteroatoms. The van der Waals surface area contributed by atoms with E-state index in [1.165, 1.54) is 7.11 Å². The number of rotatable bonds is 10. The minimum absolute atomic E-state index is 0.156. The van der Waals surface area contributed by atoms with E-state index < -0.39 is 12.0 Å². The first-order chi connectivity index (χ1) is 7.67. The molecular weight excluding hydrogens is 214 g/mol. The minimum Gasteiger partial charge on any atom is -0.480 e. The van der Waals surface area contributed by atoms with Crippen LogP contribution in [-0.4, -0.2) is 76.3 Å². The Balaban J connectivity index is 4.33. The summed E-state index contributed by atoms with van der Waals surface area (Å²) in [6, 6.07) is -0.657. The van der Waals surface area contributed by atoms with Crippen LogP contribution in [0.3, 0.4) is 0 Å². The van der Waals surface area contributed by atoms with Crippen LogP contribution in [0.1, 0.15) is 0 Å². The second-order valence-electron chi connectivity index (χ2n) is 3.33. The van der Waals surface area contributed by atoms with Gasteiger partial charge in [0.1, 0.15) is 6.04 Å². The third-order valence-electron chi connectivity index (χ3n) is 2.22. The number of aliphatic carboxylic acids is 1. The number of nitrogens with zero attached hydrogens (tertiary/aromatic N) is 1. The lowest BCUT2D eigenvalue weighted by atomic mass is 10.2. The Kier molecular flexibility index (Phi) is 9.12.